The fourth-order valence-electron chi connectivity index (χ4n) is 1.65. The van der Waals surface area contributed by atoms with Gasteiger partial charge in [-0.25, -0.2) is 0 Å². The van der Waals surface area contributed by atoms with Crippen LogP contribution in [-0.4, -0.2) is 44.4 Å². The summed E-state index contributed by atoms with van der Waals surface area (Å²) in [5.74, 6) is 0.0502. The molecule has 0 bridgehead atoms. The average molecular weight is 268 g/mol. The Bertz CT molecular complexity index is 280. The standard InChI is InChI=1S/C11H19F3N2O2/c1-7(5-18-6-11(12,13)14)16-10(17)8(2)9-3-15-4-9/h7-9,15H,3-6H2,1-2H3,(H,16,17). The molecule has 0 radical (unpaired) electrons. The zero-order valence-electron chi connectivity index (χ0n) is 10.5. The van der Waals surface area contributed by atoms with Gasteiger partial charge in [-0.2, -0.15) is 13.2 Å². The van der Waals surface area contributed by atoms with Crippen LogP contribution >= 0.6 is 0 Å². The molecule has 106 valence electrons. The Morgan fingerprint density at radius 1 is 1.44 bits per heavy atom. The molecule has 0 saturated carbocycles. The van der Waals surface area contributed by atoms with Crippen molar-refractivity contribution in [2.45, 2.75) is 26.1 Å². The minimum Gasteiger partial charge on any atom is -0.370 e. The highest BCUT2D eigenvalue weighted by Crippen LogP contribution is 2.16. The van der Waals surface area contributed by atoms with E-state index < -0.39 is 18.8 Å². The summed E-state index contributed by atoms with van der Waals surface area (Å²) in [7, 11) is 0. The van der Waals surface area contributed by atoms with Gasteiger partial charge in [0.1, 0.15) is 6.61 Å². The summed E-state index contributed by atoms with van der Waals surface area (Å²) in [5.41, 5.74) is 0. The van der Waals surface area contributed by atoms with Gasteiger partial charge < -0.3 is 15.4 Å². The van der Waals surface area contributed by atoms with E-state index in [4.69, 9.17) is 0 Å². The molecule has 2 N–H and O–H groups in total. The first-order valence-electron chi connectivity index (χ1n) is 5.95. The number of nitrogens with one attached hydrogen (secondary N) is 2. The number of carbonyl (C=O) groups is 1. The van der Waals surface area contributed by atoms with E-state index in [1.807, 2.05) is 6.92 Å². The summed E-state index contributed by atoms with van der Waals surface area (Å²) in [5, 5.41) is 5.73. The number of hydrogen-bond acceptors (Lipinski definition) is 3. The molecular formula is C11H19F3N2O2. The fraction of sp³-hybridized carbons (Fsp3) is 0.909. The van der Waals surface area contributed by atoms with Crippen molar-refractivity contribution in [3.05, 3.63) is 0 Å². The van der Waals surface area contributed by atoms with Crippen LogP contribution < -0.4 is 10.6 Å². The third-order valence-electron chi connectivity index (χ3n) is 2.96. The van der Waals surface area contributed by atoms with Gasteiger partial charge in [0.05, 0.1) is 6.61 Å². The lowest BCUT2D eigenvalue weighted by atomic mass is 9.88. The van der Waals surface area contributed by atoms with Gasteiger partial charge in [0.25, 0.3) is 0 Å². The second-order valence-corrected chi connectivity index (χ2v) is 4.75. The van der Waals surface area contributed by atoms with Crippen molar-refractivity contribution in [1.29, 1.82) is 0 Å². The van der Waals surface area contributed by atoms with Crippen LogP contribution in [0.3, 0.4) is 0 Å². The number of carbonyl (C=O) groups excluding carboxylic acids is 1. The van der Waals surface area contributed by atoms with Crippen LogP contribution in [0.2, 0.25) is 0 Å². The Balaban J connectivity index is 2.18. The summed E-state index contributed by atoms with van der Waals surface area (Å²) in [4.78, 5) is 11.7. The van der Waals surface area contributed by atoms with E-state index in [0.29, 0.717) is 5.92 Å². The van der Waals surface area contributed by atoms with Gasteiger partial charge in [-0.1, -0.05) is 6.92 Å². The molecule has 1 aliphatic rings. The van der Waals surface area contributed by atoms with Crippen molar-refractivity contribution < 1.29 is 22.7 Å². The largest absolute Gasteiger partial charge is 0.411 e. The van der Waals surface area contributed by atoms with Crippen molar-refractivity contribution in [2.24, 2.45) is 11.8 Å². The molecule has 2 atom stereocenters. The third kappa shape index (κ3) is 5.22. The van der Waals surface area contributed by atoms with Gasteiger partial charge in [-0.15, -0.1) is 0 Å². The van der Waals surface area contributed by atoms with E-state index in [1.165, 1.54) is 0 Å². The van der Waals surface area contributed by atoms with Crippen LogP contribution in [0.1, 0.15) is 13.8 Å². The predicted octanol–water partition coefficient (Wildman–Crippen LogP) is 0.925. The first kappa shape index (κ1) is 15.2. The molecule has 1 fully saturated rings. The molecule has 7 heteroatoms. The van der Waals surface area contributed by atoms with Crippen LogP contribution in [0.4, 0.5) is 13.2 Å². The molecule has 1 aliphatic heterocycles. The van der Waals surface area contributed by atoms with Crippen molar-refractivity contribution in [3.8, 4) is 0 Å². The maximum atomic E-state index is 11.8. The summed E-state index contributed by atoms with van der Waals surface area (Å²) >= 11 is 0. The van der Waals surface area contributed by atoms with Gasteiger partial charge in [0.15, 0.2) is 0 Å². The number of halogens is 3. The highest BCUT2D eigenvalue weighted by Gasteiger charge is 2.30. The van der Waals surface area contributed by atoms with Crippen LogP contribution in [0.15, 0.2) is 0 Å². The molecule has 0 aromatic carbocycles. The van der Waals surface area contributed by atoms with Crippen LogP contribution in [0, 0.1) is 11.8 Å². The molecular weight excluding hydrogens is 249 g/mol. The number of alkyl halides is 3. The highest BCUT2D eigenvalue weighted by molar-refractivity contribution is 5.79. The third-order valence-corrected chi connectivity index (χ3v) is 2.96. The Hall–Kier alpha value is -0.820. The Morgan fingerprint density at radius 2 is 2.06 bits per heavy atom. The SMILES string of the molecule is CC(COCC(F)(F)F)NC(=O)C(C)C1CNC1. The fourth-order valence-corrected chi connectivity index (χ4v) is 1.65. The minimum absolute atomic E-state index is 0.128. The molecule has 2 unspecified atom stereocenters. The smallest absolute Gasteiger partial charge is 0.370 e. The summed E-state index contributed by atoms with van der Waals surface area (Å²) in [6.07, 6.45) is -4.32. The van der Waals surface area contributed by atoms with Gasteiger partial charge in [-0.05, 0) is 25.9 Å². The van der Waals surface area contributed by atoms with Crippen molar-refractivity contribution >= 4 is 5.91 Å². The minimum atomic E-state index is -4.32. The van der Waals surface area contributed by atoms with Crippen molar-refractivity contribution in [2.75, 3.05) is 26.3 Å². The molecule has 1 rings (SSSR count). The molecule has 1 heterocycles. The first-order valence-corrected chi connectivity index (χ1v) is 5.95. The van der Waals surface area contributed by atoms with Gasteiger partial charge in [0.2, 0.25) is 5.91 Å². The first-order chi connectivity index (χ1) is 8.29. The Morgan fingerprint density at radius 3 is 2.50 bits per heavy atom. The van der Waals surface area contributed by atoms with E-state index in [9.17, 15) is 18.0 Å². The van der Waals surface area contributed by atoms with Gasteiger partial charge >= 0.3 is 6.18 Å². The molecule has 18 heavy (non-hydrogen) atoms. The summed E-state index contributed by atoms with van der Waals surface area (Å²) in [6.45, 7) is 3.65. The summed E-state index contributed by atoms with van der Waals surface area (Å²) < 4.78 is 40.0. The summed E-state index contributed by atoms with van der Waals surface area (Å²) in [6, 6.07) is -0.421. The van der Waals surface area contributed by atoms with Gasteiger partial charge in [-0.3, -0.25) is 4.79 Å². The lowest BCUT2D eigenvalue weighted by Crippen LogP contribution is -2.51. The normalized spacial score (nSPS) is 20.1. The van der Waals surface area contributed by atoms with E-state index in [2.05, 4.69) is 15.4 Å². The highest BCUT2D eigenvalue weighted by atomic mass is 19.4. The van der Waals surface area contributed by atoms with Gasteiger partial charge in [0, 0.05) is 12.0 Å². The zero-order valence-corrected chi connectivity index (χ0v) is 10.5. The second-order valence-electron chi connectivity index (χ2n) is 4.75. The molecule has 0 aromatic rings. The Labute approximate surface area is 104 Å². The molecule has 1 amide bonds. The van der Waals surface area contributed by atoms with Crippen molar-refractivity contribution in [3.63, 3.8) is 0 Å². The Kier molecular flexibility index (Phi) is 5.40. The van der Waals surface area contributed by atoms with Crippen LogP contribution in [0.25, 0.3) is 0 Å². The lowest BCUT2D eigenvalue weighted by Gasteiger charge is -2.32. The van der Waals surface area contributed by atoms with E-state index in [1.54, 1.807) is 6.92 Å². The van der Waals surface area contributed by atoms with Crippen LogP contribution in [-0.2, 0) is 9.53 Å². The maximum Gasteiger partial charge on any atom is 0.411 e. The molecule has 4 nitrogen and oxygen atoms in total. The number of ether oxygens (including phenoxy) is 1. The van der Waals surface area contributed by atoms with Crippen LogP contribution in [0.5, 0.6) is 0 Å². The molecule has 0 aliphatic carbocycles. The number of hydrogen-bond donors (Lipinski definition) is 2. The quantitative estimate of drug-likeness (QED) is 0.753. The van der Waals surface area contributed by atoms with Crippen molar-refractivity contribution in [1.82, 2.24) is 10.6 Å². The predicted molar refractivity (Wildman–Crippen MR) is 60.0 cm³/mol. The monoisotopic (exact) mass is 268 g/mol. The molecule has 1 saturated heterocycles. The van der Waals surface area contributed by atoms with E-state index in [0.717, 1.165) is 13.1 Å². The average Bonchev–Trinajstić information content (AvgIpc) is 2.12. The number of amides is 1. The topological polar surface area (TPSA) is 50.4 Å². The second kappa shape index (κ2) is 6.38. The lowest BCUT2D eigenvalue weighted by molar-refractivity contribution is -0.175. The van der Waals surface area contributed by atoms with E-state index >= 15 is 0 Å². The molecule has 0 aromatic heterocycles. The number of rotatable bonds is 6. The maximum absolute atomic E-state index is 11.8. The van der Waals surface area contributed by atoms with E-state index in [-0.39, 0.29) is 18.4 Å². The zero-order chi connectivity index (χ0) is 13.8. The molecule has 0 spiro atoms.